The summed E-state index contributed by atoms with van der Waals surface area (Å²) in [6, 6.07) is 12.5. The largest absolute Gasteiger partial charge is 0.399 e. The molecule has 0 aliphatic rings. The van der Waals surface area contributed by atoms with Crippen molar-refractivity contribution in [1.82, 2.24) is 14.9 Å². The van der Waals surface area contributed by atoms with Crippen molar-refractivity contribution in [2.24, 2.45) is 11.1 Å². The van der Waals surface area contributed by atoms with Gasteiger partial charge in [0.1, 0.15) is 12.4 Å². The van der Waals surface area contributed by atoms with Gasteiger partial charge >= 0.3 is 0 Å². The zero-order valence-corrected chi connectivity index (χ0v) is 22.7. The molecule has 1 amide bonds. The fourth-order valence-corrected chi connectivity index (χ4v) is 3.72. The van der Waals surface area contributed by atoms with E-state index >= 15 is 0 Å². The lowest BCUT2D eigenvalue weighted by Gasteiger charge is -2.21. The topological polar surface area (TPSA) is 164 Å². The van der Waals surface area contributed by atoms with Crippen molar-refractivity contribution < 1.29 is 4.79 Å². The van der Waals surface area contributed by atoms with Gasteiger partial charge in [0.05, 0.1) is 11.9 Å². The summed E-state index contributed by atoms with van der Waals surface area (Å²) in [5, 5.41) is 16.8. The maximum absolute atomic E-state index is 13.4. The van der Waals surface area contributed by atoms with Gasteiger partial charge in [0.2, 0.25) is 5.91 Å². The van der Waals surface area contributed by atoms with Crippen molar-refractivity contribution in [3.8, 4) is 11.3 Å². The van der Waals surface area contributed by atoms with E-state index in [-0.39, 0.29) is 42.1 Å². The Balaban J connectivity index is 1.91. The number of amides is 1. The minimum atomic E-state index is -0.399. The predicted octanol–water partition coefficient (Wildman–Crippen LogP) is 3.37. The predicted molar refractivity (Wildman–Crippen MR) is 154 cm³/mol. The fourth-order valence-electron chi connectivity index (χ4n) is 3.72. The number of nitrogen functional groups attached to an aromatic ring is 2. The van der Waals surface area contributed by atoms with Gasteiger partial charge < -0.3 is 27.4 Å². The third-order valence-electron chi connectivity index (χ3n) is 5.61. The molecule has 38 heavy (non-hydrogen) atoms. The molecule has 0 radical (unpaired) electrons. The van der Waals surface area contributed by atoms with Gasteiger partial charge in [-0.2, -0.15) is 0 Å². The molecule has 1 aromatic heterocycles. The monoisotopic (exact) mass is 518 g/mol. The van der Waals surface area contributed by atoms with Crippen LogP contribution in [0, 0.1) is 10.8 Å². The SMILES string of the molecule is CC(C)Nc1ncc(-c2cc(N)cc(NCC(C)(C)C)c2)n(CC(=O)NCc2ccc(C(=N)N)cc2)c1=O. The van der Waals surface area contributed by atoms with E-state index in [1.54, 1.807) is 36.5 Å². The van der Waals surface area contributed by atoms with Crippen molar-refractivity contribution >= 4 is 28.9 Å². The van der Waals surface area contributed by atoms with Gasteiger partial charge in [-0.3, -0.25) is 19.6 Å². The van der Waals surface area contributed by atoms with Crippen LogP contribution in [-0.2, 0) is 17.9 Å². The number of hydrogen-bond acceptors (Lipinski definition) is 7. The molecule has 0 spiro atoms. The molecule has 8 N–H and O–H groups in total. The number of rotatable bonds is 10. The van der Waals surface area contributed by atoms with Crippen molar-refractivity contribution in [3.05, 3.63) is 70.1 Å². The van der Waals surface area contributed by atoms with Crippen molar-refractivity contribution in [3.63, 3.8) is 0 Å². The second-order valence-corrected chi connectivity index (χ2v) is 10.8. The highest BCUT2D eigenvalue weighted by molar-refractivity contribution is 5.94. The Labute approximate surface area is 223 Å². The molecule has 3 rings (SSSR count). The lowest BCUT2D eigenvalue weighted by atomic mass is 9.97. The summed E-state index contributed by atoms with van der Waals surface area (Å²) in [6.07, 6.45) is 1.59. The van der Waals surface area contributed by atoms with E-state index in [2.05, 4.69) is 41.7 Å². The molecule has 0 bridgehead atoms. The number of nitrogens with one attached hydrogen (secondary N) is 4. The van der Waals surface area contributed by atoms with Crippen LogP contribution in [0.2, 0.25) is 0 Å². The average molecular weight is 519 g/mol. The minimum absolute atomic E-state index is 0.0122. The lowest BCUT2D eigenvalue weighted by Crippen LogP contribution is -2.35. The van der Waals surface area contributed by atoms with Crippen LogP contribution < -0.4 is 33.0 Å². The number of carbonyl (C=O) groups excluding carboxylic acids is 1. The van der Waals surface area contributed by atoms with E-state index in [0.29, 0.717) is 22.5 Å². The van der Waals surface area contributed by atoms with Crippen LogP contribution in [-0.4, -0.2) is 33.9 Å². The standard InChI is InChI=1S/C28H38N8O2/c1-17(2)35-26-27(38)36(15-24(37)32-13-18-6-8-19(9-7-18)25(30)31)23(14-33-26)20-10-21(29)12-22(11-20)34-16-28(3,4)5/h6-12,14,17,34H,13,15-16,29H2,1-5H3,(H3,30,31)(H,32,37)(H,33,35). The molecule has 10 nitrogen and oxygen atoms in total. The van der Waals surface area contributed by atoms with E-state index in [1.165, 1.54) is 4.57 Å². The average Bonchev–Trinajstić information content (AvgIpc) is 2.83. The molecule has 10 heteroatoms. The highest BCUT2D eigenvalue weighted by atomic mass is 16.2. The van der Waals surface area contributed by atoms with Crippen LogP contribution in [0.25, 0.3) is 11.3 Å². The summed E-state index contributed by atoms with van der Waals surface area (Å²) in [4.78, 5) is 30.7. The van der Waals surface area contributed by atoms with Gasteiger partial charge in [-0.25, -0.2) is 4.98 Å². The Bertz CT molecular complexity index is 1350. The number of anilines is 3. The van der Waals surface area contributed by atoms with Gasteiger partial charge in [0.15, 0.2) is 5.82 Å². The first-order valence-corrected chi connectivity index (χ1v) is 12.5. The number of nitrogens with two attached hydrogens (primary N) is 2. The molecule has 0 saturated heterocycles. The fraction of sp³-hybridized carbons (Fsp3) is 0.357. The van der Waals surface area contributed by atoms with Crippen LogP contribution >= 0.6 is 0 Å². The van der Waals surface area contributed by atoms with Crippen molar-refractivity contribution in [2.75, 3.05) is 22.9 Å². The van der Waals surface area contributed by atoms with Gasteiger partial charge in [0, 0.05) is 41.6 Å². The molecule has 3 aromatic rings. The van der Waals surface area contributed by atoms with Crippen molar-refractivity contribution in [1.29, 1.82) is 5.41 Å². The Hall–Kier alpha value is -4.34. The molecule has 0 aliphatic carbocycles. The molecule has 0 aliphatic heterocycles. The molecule has 1 heterocycles. The second kappa shape index (κ2) is 11.8. The van der Waals surface area contributed by atoms with E-state index < -0.39 is 5.56 Å². The number of nitrogens with zero attached hydrogens (tertiary/aromatic N) is 2. The van der Waals surface area contributed by atoms with Gasteiger partial charge in [-0.15, -0.1) is 0 Å². The second-order valence-electron chi connectivity index (χ2n) is 10.8. The summed E-state index contributed by atoms with van der Waals surface area (Å²) in [5.74, 6) is -0.179. The van der Waals surface area contributed by atoms with Crippen LogP contribution in [0.1, 0.15) is 45.7 Å². The third kappa shape index (κ3) is 7.83. The van der Waals surface area contributed by atoms with E-state index in [4.69, 9.17) is 16.9 Å². The van der Waals surface area contributed by atoms with E-state index in [9.17, 15) is 9.59 Å². The first kappa shape index (κ1) is 28.2. The Morgan fingerprint density at radius 3 is 2.42 bits per heavy atom. The first-order chi connectivity index (χ1) is 17.8. The Kier molecular flexibility index (Phi) is 8.77. The highest BCUT2D eigenvalue weighted by Gasteiger charge is 2.17. The quantitative estimate of drug-likeness (QED) is 0.136. The zero-order valence-electron chi connectivity index (χ0n) is 22.7. The normalized spacial score (nSPS) is 11.3. The zero-order chi connectivity index (χ0) is 28.0. The number of carbonyl (C=O) groups is 1. The highest BCUT2D eigenvalue weighted by Crippen LogP contribution is 2.27. The molecular formula is C28H38N8O2. The van der Waals surface area contributed by atoms with Crippen molar-refractivity contribution in [2.45, 2.75) is 53.8 Å². The molecular weight excluding hydrogens is 480 g/mol. The molecule has 2 aromatic carbocycles. The van der Waals surface area contributed by atoms with Crippen LogP contribution in [0.15, 0.2) is 53.5 Å². The van der Waals surface area contributed by atoms with E-state index in [1.807, 2.05) is 26.0 Å². The summed E-state index contributed by atoms with van der Waals surface area (Å²) < 4.78 is 1.41. The number of benzene rings is 2. The van der Waals surface area contributed by atoms with Gasteiger partial charge in [-0.05, 0) is 43.0 Å². The first-order valence-electron chi connectivity index (χ1n) is 12.5. The molecule has 0 fully saturated rings. The van der Waals surface area contributed by atoms with Gasteiger partial charge in [0.25, 0.3) is 5.56 Å². The summed E-state index contributed by atoms with van der Waals surface area (Å²) in [7, 11) is 0. The van der Waals surface area contributed by atoms with Crippen LogP contribution in [0.5, 0.6) is 0 Å². The molecule has 0 saturated carbocycles. The summed E-state index contributed by atoms with van der Waals surface area (Å²) in [6.45, 7) is 11.0. The molecule has 202 valence electrons. The smallest absolute Gasteiger partial charge is 0.294 e. The number of hydrogen-bond donors (Lipinski definition) is 6. The summed E-state index contributed by atoms with van der Waals surface area (Å²) in [5.41, 5.74) is 15.3. The molecule has 0 atom stereocenters. The molecule has 0 unspecified atom stereocenters. The summed E-state index contributed by atoms with van der Waals surface area (Å²) >= 11 is 0. The minimum Gasteiger partial charge on any atom is -0.399 e. The number of amidine groups is 1. The maximum atomic E-state index is 13.4. The number of aromatic nitrogens is 2. The maximum Gasteiger partial charge on any atom is 0.294 e. The van der Waals surface area contributed by atoms with Crippen LogP contribution in [0.4, 0.5) is 17.2 Å². The van der Waals surface area contributed by atoms with Gasteiger partial charge in [-0.1, -0.05) is 45.0 Å². The van der Waals surface area contributed by atoms with E-state index in [0.717, 1.165) is 17.8 Å². The Morgan fingerprint density at radius 1 is 1.13 bits per heavy atom. The third-order valence-corrected chi connectivity index (χ3v) is 5.61. The Morgan fingerprint density at radius 2 is 1.82 bits per heavy atom. The van der Waals surface area contributed by atoms with Crippen LogP contribution in [0.3, 0.4) is 0 Å². The lowest BCUT2D eigenvalue weighted by molar-refractivity contribution is -0.121.